The van der Waals surface area contributed by atoms with Gasteiger partial charge in [-0.15, -0.1) is 6.42 Å². The van der Waals surface area contributed by atoms with Crippen molar-refractivity contribution in [2.75, 3.05) is 6.61 Å². The summed E-state index contributed by atoms with van der Waals surface area (Å²) < 4.78 is 13.0. The van der Waals surface area contributed by atoms with Gasteiger partial charge in [-0.1, -0.05) is 118 Å². The van der Waals surface area contributed by atoms with E-state index >= 15 is 0 Å². The molecule has 166 valence electrons. The van der Waals surface area contributed by atoms with Gasteiger partial charge in [0, 0.05) is 0 Å². The molecule has 0 aliphatic carbocycles. The third-order valence-electron chi connectivity index (χ3n) is 5.71. The maximum atomic E-state index is 10.5. The van der Waals surface area contributed by atoms with Crippen LogP contribution >= 0.6 is 0 Å². The SMILES string of the molecule is C#CC(O)[C@H](CO[Si](c1ccccc1)(c1ccccc1)C(C)(C)C)OCc1ccccc1. The lowest BCUT2D eigenvalue weighted by Crippen LogP contribution is -2.67. The van der Waals surface area contributed by atoms with Gasteiger partial charge in [-0.05, 0) is 21.0 Å². The van der Waals surface area contributed by atoms with E-state index in [1.807, 2.05) is 42.5 Å². The van der Waals surface area contributed by atoms with Crippen molar-refractivity contribution in [2.45, 2.75) is 44.6 Å². The van der Waals surface area contributed by atoms with Crippen LogP contribution in [-0.2, 0) is 15.8 Å². The Morgan fingerprint density at radius 3 is 1.75 bits per heavy atom. The Labute approximate surface area is 193 Å². The fourth-order valence-corrected chi connectivity index (χ4v) is 8.65. The van der Waals surface area contributed by atoms with Crippen LogP contribution in [-0.4, -0.2) is 32.2 Å². The van der Waals surface area contributed by atoms with Crippen LogP contribution in [0.2, 0.25) is 5.04 Å². The Morgan fingerprint density at radius 2 is 1.31 bits per heavy atom. The molecule has 3 aromatic rings. The standard InChI is InChI=1S/C28H32O3Si/c1-5-26(29)27(30-21-23-15-9-6-10-16-23)22-31-32(28(2,3)4,24-17-11-7-12-18-24)25-19-13-8-14-20-25/h1,6-20,26-27,29H,21-22H2,2-4H3/t26?,27-/m0/s1. The zero-order valence-corrected chi connectivity index (χ0v) is 20.1. The Balaban J connectivity index is 1.95. The molecule has 4 heteroatoms. The number of terminal acetylenes is 1. The molecule has 0 saturated carbocycles. The molecule has 0 bridgehead atoms. The minimum absolute atomic E-state index is 0.166. The molecule has 0 spiro atoms. The van der Waals surface area contributed by atoms with Gasteiger partial charge in [0.25, 0.3) is 8.32 Å². The molecule has 0 aromatic heterocycles. The molecule has 0 heterocycles. The third-order valence-corrected chi connectivity index (χ3v) is 10.7. The van der Waals surface area contributed by atoms with Crippen LogP contribution in [0.4, 0.5) is 0 Å². The molecule has 3 rings (SSSR count). The highest BCUT2D eigenvalue weighted by atomic mass is 28.4. The van der Waals surface area contributed by atoms with E-state index < -0.39 is 20.5 Å². The molecular formula is C28H32O3Si. The molecule has 3 aromatic carbocycles. The largest absolute Gasteiger partial charge is 0.405 e. The zero-order chi connectivity index (χ0) is 23.0. The van der Waals surface area contributed by atoms with Crippen LogP contribution in [0.25, 0.3) is 0 Å². The summed E-state index contributed by atoms with van der Waals surface area (Å²) in [4.78, 5) is 0. The normalized spacial score (nSPS) is 13.8. The van der Waals surface area contributed by atoms with Crippen molar-refractivity contribution >= 4 is 18.7 Å². The average Bonchev–Trinajstić information content (AvgIpc) is 2.82. The number of ether oxygens (including phenoxy) is 1. The molecule has 0 aliphatic rings. The molecule has 1 N–H and O–H groups in total. The first-order chi connectivity index (χ1) is 15.4. The van der Waals surface area contributed by atoms with Gasteiger partial charge in [-0.2, -0.15) is 0 Å². The smallest absolute Gasteiger partial charge is 0.261 e. The summed E-state index contributed by atoms with van der Waals surface area (Å²) in [6.45, 7) is 7.21. The predicted octanol–water partition coefficient (Wildman–Crippen LogP) is 4.14. The molecule has 1 unspecified atom stereocenters. The van der Waals surface area contributed by atoms with Gasteiger partial charge in [-0.25, -0.2) is 0 Å². The molecule has 3 nitrogen and oxygen atoms in total. The maximum absolute atomic E-state index is 10.5. The number of aliphatic hydroxyl groups excluding tert-OH is 1. The van der Waals surface area contributed by atoms with Crippen molar-refractivity contribution in [1.82, 2.24) is 0 Å². The number of aliphatic hydroxyl groups is 1. The van der Waals surface area contributed by atoms with E-state index in [0.717, 1.165) is 5.56 Å². The van der Waals surface area contributed by atoms with E-state index in [9.17, 15) is 5.11 Å². The summed E-state index contributed by atoms with van der Waals surface area (Å²) in [7, 11) is -2.74. The highest BCUT2D eigenvalue weighted by Crippen LogP contribution is 2.37. The predicted molar refractivity (Wildman–Crippen MR) is 133 cm³/mol. The molecule has 32 heavy (non-hydrogen) atoms. The fraction of sp³-hybridized carbons (Fsp3) is 0.286. The third kappa shape index (κ3) is 5.38. The van der Waals surface area contributed by atoms with Crippen molar-refractivity contribution in [3.8, 4) is 12.3 Å². The Kier molecular flexibility index (Phi) is 8.06. The second-order valence-electron chi connectivity index (χ2n) is 8.92. The lowest BCUT2D eigenvalue weighted by Gasteiger charge is -2.43. The molecule has 0 aliphatic heterocycles. The van der Waals surface area contributed by atoms with Crippen LogP contribution in [0.5, 0.6) is 0 Å². The quantitative estimate of drug-likeness (QED) is 0.398. The van der Waals surface area contributed by atoms with Crippen molar-refractivity contribution in [1.29, 1.82) is 0 Å². The van der Waals surface area contributed by atoms with E-state index in [-0.39, 0.29) is 11.6 Å². The van der Waals surface area contributed by atoms with Gasteiger partial charge in [0.15, 0.2) is 0 Å². The van der Waals surface area contributed by atoms with Gasteiger partial charge in [-0.3, -0.25) is 0 Å². The molecule has 0 amide bonds. The van der Waals surface area contributed by atoms with E-state index in [1.54, 1.807) is 0 Å². The van der Waals surface area contributed by atoms with Gasteiger partial charge < -0.3 is 14.3 Å². The Bertz CT molecular complexity index is 952. The summed E-state index contributed by atoms with van der Waals surface area (Å²) in [5.41, 5.74) is 1.02. The number of hydrogen-bond acceptors (Lipinski definition) is 3. The van der Waals surface area contributed by atoms with Crippen LogP contribution in [0, 0.1) is 12.3 Å². The number of hydrogen-bond donors (Lipinski definition) is 1. The number of rotatable bonds is 9. The highest BCUT2D eigenvalue weighted by molar-refractivity contribution is 6.99. The summed E-state index contributed by atoms with van der Waals surface area (Å²) in [6.07, 6.45) is 3.87. The van der Waals surface area contributed by atoms with E-state index in [2.05, 4.69) is 75.2 Å². The molecule has 0 fully saturated rings. The first-order valence-electron chi connectivity index (χ1n) is 10.9. The van der Waals surface area contributed by atoms with Gasteiger partial charge in [0.1, 0.15) is 12.2 Å². The van der Waals surface area contributed by atoms with E-state index in [4.69, 9.17) is 15.6 Å². The molecule has 2 atom stereocenters. The van der Waals surface area contributed by atoms with Crippen molar-refractivity contribution in [2.24, 2.45) is 0 Å². The minimum Gasteiger partial charge on any atom is -0.405 e. The maximum Gasteiger partial charge on any atom is 0.261 e. The first kappa shape index (κ1) is 24.0. The lowest BCUT2D eigenvalue weighted by atomic mass is 10.2. The highest BCUT2D eigenvalue weighted by Gasteiger charge is 2.50. The van der Waals surface area contributed by atoms with Gasteiger partial charge in [0.05, 0.1) is 13.2 Å². The van der Waals surface area contributed by atoms with E-state index in [0.29, 0.717) is 6.61 Å². The second kappa shape index (κ2) is 10.8. The van der Waals surface area contributed by atoms with Crippen LogP contribution in [0.3, 0.4) is 0 Å². The monoisotopic (exact) mass is 444 g/mol. The van der Waals surface area contributed by atoms with Crippen molar-refractivity contribution < 1.29 is 14.3 Å². The topological polar surface area (TPSA) is 38.7 Å². The summed E-state index contributed by atoms with van der Waals surface area (Å²) in [5, 5.41) is 12.7. The van der Waals surface area contributed by atoms with Crippen LogP contribution in [0.15, 0.2) is 91.0 Å². The zero-order valence-electron chi connectivity index (χ0n) is 19.1. The van der Waals surface area contributed by atoms with Crippen LogP contribution in [0.1, 0.15) is 26.3 Å². The molecular weight excluding hydrogens is 412 g/mol. The summed E-state index contributed by atoms with van der Waals surface area (Å²) >= 11 is 0. The Hall–Kier alpha value is -2.68. The van der Waals surface area contributed by atoms with E-state index in [1.165, 1.54) is 10.4 Å². The lowest BCUT2D eigenvalue weighted by molar-refractivity contribution is -0.0473. The Morgan fingerprint density at radius 1 is 0.844 bits per heavy atom. The molecule has 0 radical (unpaired) electrons. The summed E-state index contributed by atoms with van der Waals surface area (Å²) in [6, 6.07) is 30.7. The number of benzene rings is 3. The first-order valence-corrected chi connectivity index (χ1v) is 12.8. The fourth-order valence-electron chi connectivity index (χ4n) is 4.08. The second-order valence-corrected chi connectivity index (χ2v) is 13.2. The van der Waals surface area contributed by atoms with Gasteiger partial charge in [0.2, 0.25) is 0 Å². The minimum atomic E-state index is -2.74. The average molecular weight is 445 g/mol. The van der Waals surface area contributed by atoms with Crippen molar-refractivity contribution in [3.63, 3.8) is 0 Å². The summed E-state index contributed by atoms with van der Waals surface area (Å²) in [5.74, 6) is 2.42. The molecule has 0 saturated heterocycles. The van der Waals surface area contributed by atoms with Crippen LogP contribution < -0.4 is 10.4 Å². The van der Waals surface area contributed by atoms with Crippen molar-refractivity contribution in [3.05, 3.63) is 96.6 Å². The van der Waals surface area contributed by atoms with Gasteiger partial charge >= 0.3 is 0 Å².